The van der Waals surface area contributed by atoms with Gasteiger partial charge in [-0.15, -0.1) is 0 Å². The highest BCUT2D eigenvalue weighted by atomic mass is 16.5. The van der Waals surface area contributed by atoms with Gasteiger partial charge in [0, 0.05) is 43.0 Å². The Morgan fingerprint density at radius 1 is 1.37 bits per heavy atom. The van der Waals surface area contributed by atoms with Crippen molar-refractivity contribution in [2.75, 3.05) is 26.7 Å². The number of carbonyl (C=O) groups is 2. The molecule has 1 aromatic carbocycles. The molecule has 0 bridgehead atoms. The zero-order chi connectivity index (χ0) is 19.0. The second-order valence-corrected chi connectivity index (χ2v) is 6.63. The number of likely N-dealkylation sites (N-methyl/N-ethyl adjacent to an activating group) is 1. The molecule has 8 heteroatoms. The molecule has 140 valence electrons. The molecular weight excluding hydrogens is 348 g/mol. The first kappa shape index (κ1) is 17.3. The van der Waals surface area contributed by atoms with Crippen LogP contribution in [-0.4, -0.2) is 63.6 Å². The summed E-state index contributed by atoms with van der Waals surface area (Å²) in [6.07, 6.45) is 0.505. The van der Waals surface area contributed by atoms with Crippen molar-refractivity contribution in [1.82, 2.24) is 19.9 Å². The minimum Gasteiger partial charge on any atom is -0.395 e. The number of rotatable bonds is 4. The van der Waals surface area contributed by atoms with Gasteiger partial charge in [-0.3, -0.25) is 9.59 Å². The van der Waals surface area contributed by atoms with E-state index in [9.17, 15) is 9.59 Å². The number of hydrogen-bond donors (Lipinski definition) is 2. The maximum absolute atomic E-state index is 12.9. The molecule has 0 spiro atoms. The standard InChI is InChI=1S/C19H20N4O4/c1-22(8-9-24)19(26)17-13-11-23(7-6-16(13)27-21-17)18(25)15-10-12-4-2-3-5-14(12)20-15/h2-5,10,20,24H,6-9,11H2,1H3. The number of nitrogens with one attached hydrogen (secondary N) is 1. The Morgan fingerprint density at radius 3 is 2.96 bits per heavy atom. The van der Waals surface area contributed by atoms with Crippen molar-refractivity contribution in [2.45, 2.75) is 13.0 Å². The lowest BCUT2D eigenvalue weighted by molar-refractivity contribution is 0.0713. The van der Waals surface area contributed by atoms with E-state index < -0.39 is 0 Å². The van der Waals surface area contributed by atoms with Gasteiger partial charge in [0.05, 0.1) is 13.2 Å². The van der Waals surface area contributed by atoms with Crippen LogP contribution in [0, 0.1) is 0 Å². The van der Waals surface area contributed by atoms with Gasteiger partial charge in [-0.25, -0.2) is 0 Å². The summed E-state index contributed by atoms with van der Waals surface area (Å²) in [5.74, 6) is 0.186. The Bertz CT molecular complexity index is 973. The van der Waals surface area contributed by atoms with Crippen LogP contribution >= 0.6 is 0 Å². The molecule has 0 saturated heterocycles. The van der Waals surface area contributed by atoms with Crippen LogP contribution in [0.2, 0.25) is 0 Å². The van der Waals surface area contributed by atoms with Crippen molar-refractivity contribution < 1.29 is 19.2 Å². The fraction of sp³-hybridized carbons (Fsp3) is 0.316. The Kier molecular flexibility index (Phi) is 4.41. The second kappa shape index (κ2) is 6.88. The van der Waals surface area contributed by atoms with Crippen molar-refractivity contribution in [3.8, 4) is 0 Å². The molecule has 0 fully saturated rings. The number of aromatic amines is 1. The molecule has 8 nitrogen and oxygen atoms in total. The number of H-pyrrole nitrogens is 1. The number of aromatic nitrogens is 2. The Balaban J connectivity index is 1.58. The average Bonchev–Trinajstić information content (AvgIpc) is 3.30. The summed E-state index contributed by atoms with van der Waals surface area (Å²) in [6.45, 7) is 0.836. The molecule has 0 aliphatic carbocycles. The number of nitrogens with zero attached hydrogens (tertiary/aromatic N) is 3. The highest BCUT2D eigenvalue weighted by Gasteiger charge is 2.31. The summed E-state index contributed by atoms with van der Waals surface area (Å²) < 4.78 is 5.31. The number of benzene rings is 1. The summed E-state index contributed by atoms with van der Waals surface area (Å²) >= 11 is 0. The molecule has 4 rings (SSSR count). The van der Waals surface area contributed by atoms with Crippen LogP contribution in [-0.2, 0) is 13.0 Å². The van der Waals surface area contributed by atoms with Crippen molar-refractivity contribution in [1.29, 1.82) is 0 Å². The molecular formula is C19H20N4O4. The molecule has 3 aromatic rings. The van der Waals surface area contributed by atoms with Gasteiger partial charge in [0.1, 0.15) is 11.5 Å². The van der Waals surface area contributed by atoms with Crippen LogP contribution < -0.4 is 0 Å². The normalized spacial score (nSPS) is 13.6. The first-order valence-electron chi connectivity index (χ1n) is 8.79. The number of fused-ring (bicyclic) bond motifs is 2. The molecule has 2 amide bonds. The van der Waals surface area contributed by atoms with Crippen molar-refractivity contribution >= 4 is 22.7 Å². The summed E-state index contributed by atoms with van der Waals surface area (Å²) in [5, 5.41) is 13.9. The summed E-state index contributed by atoms with van der Waals surface area (Å²) in [5.41, 5.74) is 2.27. The van der Waals surface area contributed by atoms with E-state index in [0.717, 1.165) is 10.9 Å². The third-order valence-corrected chi connectivity index (χ3v) is 4.86. The van der Waals surface area contributed by atoms with Gasteiger partial charge in [0.15, 0.2) is 5.69 Å². The van der Waals surface area contributed by atoms with E-state index in [1.165, 1.54) is 4.90 Å². The van der Waals surface area contributed by atoms with Gasteiger partial charge in [-0.05, 0) is 12.1 Å². The van der Waals surface area contributed by atoms with Crippen molar-refractivity contribution in [3.63, 3.8) is 0 Å². The molecule has 0 saturated carbocycles. The minimum atomic E-state index is -0.325. The van der Waals surface area contributed by atoms with Gasteiger partial charge in [0.2, 0.25) is 0 Å². The van der Waals surface area contributed by atoms with E-state index in [1.54, 1.807) is 11.9 Å². The maximum Gasteiger partial charge on any atom is 0.276 e. The van der Waals surface area contributed by atoms with Crippen LogP contribution in [0.1, 0.15) is 32.3 Å². The van der Waals surface area contributed by atoms with Crippen molar-refractivity contribution in [3.05, 3.63) is 53.0 Å². The Labute approximate surface area is 155 Å². The van der Waals surface area contributed by atoms with Crippen LogP contribution in [0.4, 0.5) is 0 Å². The van der Waals surface area contributed by atoms with Crippen LogP contribution in [0.25, 0.3) is 10.9 Å². The van der Waals surface area contributed by atoms with E-state index in [2.05, 4.69) is 10.1 Å². The van der Waals surface area contributed by atoms with E-state index in [-0.39, 0.29) is 37.2 Å². The Hall–Kier alpha value is -3.13. The SMILES string of the molecule is CN(CCO)C(=O)c1noc2c1CN(C(=O)c1cc3ccccc3[nH]1)CC2. The van der Waals surface area contributed by atoms with E-state index in [1.807, 2.05) is 30.3 Å². The van der Waals surface area contributed by atoms with Gasteiger partial charge >= 0.3 is 0 Å². The van der Waals surface area contributed by atoms with Crippen LogP contribution in [0.15, 0.2) is 34.9 Å². The average molecular weight is 368 g/mol. The first-order chi connectivity index (χ1) is 13.1. The molecule has 0 atom stereocenters. The van der Waals surface area contributed by atoms with Gasteiger partial charge < -0.3 is 24.4 Å². The summed E-state index contributed by atoms with van der Waals surface area (Å²) in [4.78, 5) is 31.7. The lowest BCUT2D eigenvalue weighted by Gasteiger charge is -2.26. The number of para-hydroxylation sites is 1. The molecule has 2 aromatic heterocycles. The highest BCUT2D eigenvalue weighted by molar-refractivity contribution is 5.98. The molecule has 0 radical (unpaired) electrons. The lowest BCUT2D eigenvalue weighted by Crippen LogP contribution is -2.37. The monoisotopic (exact) mass is 368 g/mol. The number of aliphatic hydroxyl groups is 1. The Morgan fingerprint density at radius 2 is 2.19 bits per heavy atom. The molecule has 1 aliphatic rings. The molecule has 0 unspecified atom stereocenters. The van der Waals surface area contributed by atoms with E-state index >= 15 is 0 Å². The quantitative estimate of drug-likeness (QED) is 0.725. The lowest BCUT2D eigenvalue weighted by atomic mass is 10.0. The third kappa shape index (κ3) is 3.08. The molecule has 1 aliphatic heterocycles. The van der Waals surface area contributed by atoms with Gasteiger partial charge in [-0.1, -0.05) is 23.4 Å². The van der Waals surface area contributed by atoms with Gasteiger partial charge in [0.25, 0.3) is 11.8 Å². The van der Waals surface area contributed by atoms with E-state index in [0.29, 0.717) is 30.0 Å². The predicted molar refractivity (Wildman–Crippen MR) is 97.3 cm³/mol. The van der Waals surface area contributed by atoms with Crippen molar-refractivity contribution in [2.24, 2.45) is 0 Å². The topological polar surface area (TPSA) is 103 Å². The smallest absolute Gasteiger partial charge is 0.276 e. The molecule has 3 heterocycles. The molecule has 2 N–H and O–H groups in total. The fourth-order valence-corrected chi connectivity index (χ4v) is 3.34. The number of aliphatic hydroxyl groups excluding tert-OH is 1. The fourth-order valence-electron chi connectivity index (χ4n) is 3.34. The van der Waals surface area contributed by atoms with Crippen LogP contribution in [0.3, 0.4) is 0 Å². The zero-order valence-electron chi connectivity index (χ0n) is 14.9. The third-order valence-electron chi connectivity index (χ3n) is 4.86. The summed E-state index contributed by atoms with van der Waals surface area (Å²) in [6, 6.07) is 9.55. The van der Waals surface area contributed by atoms with E-state index in [4.69, 9.17) is 9.63 Å². The number of hydrogen-bond acceptors (Lipinski definition) is 5. The largest absolute Gasteiger partial charge is 0.395 e. The maximum atomic E-state index is 12.9. The highest BCUT2D eigenvalue weighted by Crippen LogP contribution is 2.25. The van der Waals surface area contributed by atoms with Gasteiger partial charge in [-0.2, -0.15) is 0 Å². The molecule has 27 heavy (non-hydrogen) atoms. The predicted octanol–water partition coefficient (Wildman–Crippen LogP) is 1.42. The van der Waals surface area contributed by atoms with Crippen LogP contribution in [0.5, 0.6) is 0 Å². The second-order valence-electron chi connectivity index (χ2n) is 6.63. The number of carbonyl (C=O) groups excluding carboxylic acids is 2. The summed E-state index contributed by atoms with van der Waals surface area (Å²) in [7, 11) is 1.59. The minimum absolute atomic E-state index is 0.125. The zero-order valence-corrected chi connectivity index (χ0v) is 14.9. The number of amides is 2. The first-order valence-corrected chi connectivity index (χ1v) is 8.79.